The summed E-state index contributed by atoms with van der Waals surface area (Å²) in [5.74, 6) is -1.83. The highest BCUT2D eigenvalue weighted by Crippen LogP contribution is 2.14. The third-order valence-corrected chi connectivity index (χ3v) is 2.89. The molecule has 6 heteroatoms. The molecule has 0 bridgehead atoms. The summed E-state index contributed by atoms with van der Waals surface area (Å²) in [5, 5.41) is 5.32. The first-order valence-electron chi connectivity index (χ1n) is 6.22. The minimum atomic E-state index is -0.785. The zero-order valence-electron chi connectivity index (χ0n) is 10.4. The molecule has 1 amide bonds. The van der Waals surface area contributed by atoms with Gasteiger partial charge < -0.3 is 15.4 Å². The molecule has 1 aliphatic rings. The molecule has 0 saturated carbocycles. The third kappa shape index (κ3) is 4.25. The maximum absolute atomic E-state index is 13.3. The number of nitrogens with one attached hydrogen (secondary N) is 2. The molecular formula is C13H16F2N2O2. The Morgan fingerprint density at radius 1 is 1.42 bits per heavy atom. The van der Waals surface area contributed by atoms with E-state index < -0.39 is 11.6 Å². The Morgan fingerprint density at radius 2 is 2.26 bits per heavy atom. The van der Waals surface area contributed by atoms with Crippen LogP contribution in [-0.2, 0) is 9.53 Å². The van der Waals surface area contributed by atoms with Crippen LogP contribution in [0.4, 0.5) is 14.5 Å². The van der Waals surface area contributed by atoms with Gasteiger partial charge in [0.2, 0.25) is 5.91 Å². The summed E-state index contributed by atoms with van der Waals surface area (Å²) in [6, 6.07) is 3.02. The normalized spacial score (nSPS) is 18.5. The standard InChI is InChI=1S/C13H16F2N2O2/c14-9-3-4-12(11(15)6-9)17-13(18)8-16-7-10-2-1-5-19-10/h3-4,6,10,16H,1-2,5,7-8H2,(H,17,18). The minimum absolute atomic E-state index is 0.0229. The molecule has 1 unspecified atom stereocenters. The number of carbonyl (C=O) groups excluding carboxylic acids is 1. The average molecular weight is 270 g/mol. The maximum atomic E-state index is 13.3. The van der Waals surface area contributed by atoms with Crippen molar-refractivity contribution in [3.8, 4) is 0 Å². The van der Waals surface area contributed by atoms with Gasteiger partial charge in [-0.1, -0.05) is 0 Å². The van der Waals surface area contributed by atoms with Crippen molar-refractivity contribution in [3.05, 3.63) is 29.8 Å². The summed E-state index contributed by atoms with van der Waals surface area (Å²) in [6.07, 6.45) is 2.18. The lowest BCUT2D eigenvalue weighted by Crippen LogP contribution is -2.33. The molecule has 4 nitrogen and oxygen atoms in total. The Kier molecular flexibility index (Phi) is 4.81. The molecule has 1 atom stereocenters. The van der Waals surface area contributed by atoms with Gasteiger partial charge in [0.15, 0.2) is 0 Å². The third-order valence-electron chi connectivity index (χ3n) is 2.89. The highest BCUT2D eigenvalue weighted by Gasteiger charge is 2.15. The van der Waals surface area contributed by atoms with Crippen molar-refractivity contribution in [1.82, 2.24) is 5.32 Å². The van der Waals surface area contributed by atoms with Crippen LogP contribution in [0.25, 0.3) is 0 Å². The van der Waals surface area contributed by atoms with Crippen LogP contribution in [0.3, 0.4) is 0 Å². The number of carbonyl (C=O) groups is 1. The van der Waals surface area contributed by atoms with Crippen molar-refractivity contribution >= 4 is 11.6 Å². The highest BCUT2D eigenvalue weighted by molar-refractivity contribution is 5.92. The van der Waals surface area contributed by atoms with E-state index in [1.54, 1.807) is 0 Å². The van der Waals surface area contributed by atoms with Gasteiger partial charge >= 0.3 is 0 Å². The summed E-state index contributed by atoms with van der Waals surface area (Å²) in [6.45, 7) is 1.43. The fraction of sp³-hybridized carbons (Fsp3) is 0.462. The first kappa shape index (κ1) is 13.9. The van der Waals surface area contributed by atoms with Gasteiger partial charge in [-0.2, -0.15) is 0 Å². The first-order valence-corrected chi connectivity index (χ1v) is 6.22. The second-order valence-electron chi connectivity index (χ2n) is 4.44. The predicted molar refractivity (Wildman–Crippen MR) is 66.8 cm³/mol. The molecule has 1 fully saturated rings. The molecule has 0 radical (unpaired) electrons. The molecule has 1 heterocycles. The van der Waals surface area contributed by atoms with Crippen molar-refractivity contribution < 1.29 is 18.3 Å². The number of ether oxygens (including phenoxy) is 1. The van der Waals surface area contributed by atoms with E-state index in [4.69, 9.17) is 4.74 Å². The van der Waals surface area contributed by atoms with E-state index in [-0.39, 0.29) is 24.2 Å². The van der Waals surface area contributed by atoms with Crippen LogP contribution < -0.4 is 10.6 Å². The van der Waals surface area contributed by atoms with Crippen molar-refractivity contribution in [1.29, 1.82) is 0 Å². The van der Waals surface area contributed by atoms with Crippen LogP contribution in [0.1, 0.15) is 12.8 Å². The van der Waals surface area contributed by atoms with E-state index in [0.717, 1.165) is 31.6 Å². The van der Waals surface area contributed by atoms with Crippen LogP contribution in [0, 0.1) is 11.6 Å². The molecule has 2 rings (SSSR count). The Balaban J connectivity index is 1.74. The maximum Gasteiger partial charge on any atom is 0.238 e. The molecular weight excluding hydrogens is 254 g/mol. The number of amides is 1. The molecule has 1 aromatic rings. The summed E-state index contributed by atoms with van der Waals surface area (Å²) < 4.78 is 31.4. The van der Waals surface area contributed by atoms with Gasteiger partial charge in [-0.05, 0) is 25.0 Å². The van der Waals surface area contributed by atoms with Gasteiger partial charge in [0.1, 0.15) is 11.6 Å². The van der Waals surface area contributed by atoms with Crippen LogP contribution in [0.2, 0.25) is 0 Å². The predicted octanol–water partition coefficient (Wildman–Crippen LogP) is 1.67. The van der Waals surface area contributed by atoms with Gasteiger partial charge in [-0.25, -0.2) is 8.78 Å². The molecule has 0 aromatic heterocycles. The molecule has 0 aliphatic carbocycles. The lowest BCUT2D eigenvalue weighted by Gasteiger charge is -2.11. The Bertz CT molecular complexity index is 448. The van der Waals surface area contributed by atoms with Gasteiger partial charge in [0.05, 0.1) is 18.3 Å². The number of halogens is 2. The van der Waals surface area contributed by atoms with E-state index in [0.29, 0.717) is 6.54 Å². The van der Waals surface area contributed by atoms with Gasteiger partial charge in [0, 0.05) is 19.2 Å². The lowest BCUT2D eigenvalue weighted by atomic mass is 10.2. The zero-order valence-corrected chi connectivity index (χ0v) is 10.4. The van der Waals surface area contributed by atoms with Gasteiger partial charge in [-0.15, -0.1) is 0 Å². The van der Waals surface area contributed by atoms with Crippen LogP contribution in [-0.4, -0.2) is 31.7 Å². The fourth-order valence-corrected chi connectivity index (χ4v) is 1.94. The molecule has 2 N–H and O–H groups in total. The number of hydrogen-bond acceptors (Lipinski definition) is 3. The lowest BCUT2D eigenvalue weighted by molar-refractivity contribution is -0.115. The van der Waals surface area contributed by atoms with E-state index in [2.05, 4.69) is 10.6 Å². The highest BCUT2D eigenvalue weighted by atomic mass is 19.1. The summed E-state index contributed by atoms with van der Waals surface area (Å²) in [4.78, 5) is 11.5. The van der Waals surface area contributed by atoms with E-state index in [1.165, 1.54) is 6.07 Å². The molecule has 1 aliphatic heterocycles. The van der Waals surface area contributed by atoms with Crippen LogP contribution in [0.15, 0.2) is 18.2 Å². The SMILES string of the molecule is O=C(CNCC1CCCO1)Nc1ccc(F)cc1F. The molecule has 1 aromatic carbocycles. The zero-order chi connectivity index (χ0) is 13.7. The molecule has 1 saturated heterocycles. The van der Waals surface area contributed by atoms with Crippen LogP contribution in [0.5, 0.6) is 0 Å². The van der Waals surface area contributed by atoms with Crippen molar-refractivity contribution in [2.24, 2.45) is 0 Å². The number of anilines is 1. The van der Waals surface area contributed by atoms with Crippen molar-refractivity contribution in [3.63, 3.8) is 0 Å². The Labute approximate surface area is 110 Å². The largest absolute Gasteiger partial charge is 0.377 e. The van der Waals surface area contributed by atoms with E-state index in [9.17, 15) is 13.6 Å². The van der Waals surface area contributed by atoms with E-state index >= 15 is 0 Å². The molecule has 104 valence electrons. The quantitative estimate of drug-likeness (QED) is 0.855. The second-order valence-corrected chi connectivity index (χ2v) is 4.44. The first-order chi connectivity index (χ1) is 9.15. The summed E-state index contributed by atoms with van der Waals surface area (Å²) >= 11 is 0. The Hall–Kier alpha value is -1.53. The van der Waals surface area contributed by atoms with Crippen LogP contribution >= 0.6 is 0 Å². The monoisotopic (exact) mass is 270 g/mol. The molecule has 19 heavy (non-hydrogen) atoms. The Morgan fingerprint density at radius 3 is 2.95 bits per heavy atom. The minimum Gasteiger partial charge on any atom is -0.377 e. The summed E-state index contributed by atoms with van der Waals surface area (Å²) in [7, 11) is 0. The number of rotatable bonds is 5. The second kappa shape index (κ2) is 6.58. The number of hydrogen-bond donors (Lipinski definition) is 2. The summed E-state index contributed by atoms with van der Waals surface area (Å²) in [5.41, 5.74) is -0.0229. The van der Waals surface area contributed by atoms with Crippen molar-refractivity contribution in [2.75, 3.05) is 25.0 Å². The average Bonchev–Trinajstić information content (AvgIpc) is 2.86. The van der Waals surface area contributed by atoms with Crippen molar-refractivity contribution in [2.45, 2.75) is 18.9 Å². The fourth-order valence-electron chi connectivity index (χ4n) is 1.94. The topological polar surface area (TPSA) is 50.4 Å². The van der Waals surface area contributed by atoms with Gasteiger partial charge in [-0.3, -0.25) is 4.79 Å². The molecule has 0 spiro atoms. The van der Waals surface area contributed by atoms with E-state index in [1.807, 2.05) is 0 Å². The number of benzene rings is 1. The van der Waals surface area contributed by atoms with Gasteiger partial charge in [0.25, 0.3) is 0 Å². The smallest absolute Gasteiger partial charge is 0.238 e.